The van der Waals surface area contributed by atoms with Crippen molar-refractivity contribution in [3.63, 3.8) is 0 Å². The van der Waals surface area contributed by atoms with Gasteiger partial charge >= 0.3 is 17.9 Å². The van der Waals surface area contributed by atoms with Crippen molar-refractivity contribution in [1.82, 2.24) is 0 Å². The molecule has 460 valence electrons. The summed E-state index contributed by atoms with van der Waals surface area (Å²) in [6.45, 7) is 6.52. The van der Waals surface area contributed by atoms with Crippen molar-refractivity contribution in [2.24, 2.45) is 0 Å². The fourth-order valence-corrected chi connectivity index (χ4v) is 9.67. The molecule has 0 bridgehead atoms. The lowest BCUT2D eigenvalue weighted by atomic mass is 10.0. The van der Waals surface area contributed by atoms with E-state index in [1.165, 1.54) is 180 Å². The molecule has 0 aromatic carbocycles. The van der Waals surface area contributed by atoms with Gasteiger partial charge < -0.3 is 14.2 Å². The van der Waals surface area contributed by atoms with Gasteiger partial charge in [-0.3, -0.25) is 14.4 Å². The van der Waals surface area contributed by atoms with E-state index in [2.05, 4.69) is 118 Å². The molecule has 0 fully saturated rings. The maximum absolute atomic E-state index is 12.9. The maximum atomic E-state index is 12.9. The molecule has 0 amide bonds. The lowest BCUT2D eigenvalue weighted by molar-refractivity contribution is -0.167. The van der Waals surface area contributed by atoms with Gasteiger partial charge in [0.1, 0.15) is 13.2 Å². The zero-order chi connectivity index (χ0) is 57.8. The molecular weight excluding hydrogens is 985 g/mol. The van der Waals surface area contributed by atoms with Crippen LogP contribution in [0.2, 0.25) is 0 Å². The summed E-state index contributed by atoms with van der Waals surface area (Å²) in [5.74, 6) is -0.885. The van der Waals surface area contributed by atoms with Crippen LogP contribution in [0.15, 0.2) is 97.2 Å². The first-order valence-electron chi connectivity index (χ1n) is 34.2. The highest BCUT2D eigenvalue weighted by molar-refractivity contribution is 5.71. The molecule has 6 heteroatoms. The van der Waals surface area contributed by atoms with Crippen LogP contribution in [0.5, 0.6) is 0 Å². The van der Waals surface area contributed by atoms with Crippen LogP contribution in [0.3, 0.4) is 0 Å². The zero-order valence-electron chi connectivity index (χ0n) is 52.8. The molecule has 6 nitrogen and oxygen atoms in total. The van der Waals surface area contributed by atoms with Crippen LogP contribution in [0.1, 0.15) is 335 Å². The molecule has 0 aliphatic heterocycles. The van der Waals surface area contributed by atoms with Gasteiger partial charge in [-0.15, -0.1) is 0 Å². The minimum atomic E-state index is -0.785. The molecule has 1 atom stereocenters. The lowest BCUT2D eigenvalue weighted by Crippen LogP contribution is -2.30. The number of rotatable bonds is 62. The molecule has 0 aliphatic carbocycles. The first kappa shape index (κ1) is 76.3. The van der Waals surface area contributed by atoms with Crippen molar-refractivity contribution >= 4 is 17.9 Å². The highest BCUT2D eigenvalue weighted by Crippen LogP contribution is 2.17. The third-order valence-corrected chi connectivity index (χ3v) is 14.8. The number of carbonyl (C=O) groups excluding carboxylic acids is 3. The van der Waals surface area contributed by atoms with Crippen LogP contribution in [-0.4, -0.2) is 37.2 Å². The van der Waals surface area contributed by atoms with Gasteiger partial charge in [0, 0.05) is 19.3 Å². The Bertz CT molecular complexity index is 1560. The van der Waals surface area contributed by atoms with Gasteiger partial charge in [-0.2, -0.15) is 0 Å². The molecule has 0 radical (unpaired) electrons. The predicted molar refractivity (Wildman–Crippen MR) is 348 cm³/mol. The van der Waals surface area contributed by atoms with E-state index >= 15 is 0 Å². The van der Waals surface area contributed by atoms with Crippen molar-refractivity contribution in [1.29, 1.82) is 0 Å². The first-order valence-corrected chi connectivity index (χ1v) is 34.2. The van der Waals surface area contributed by atoms with Crippen LogP contribution in [-0.2, 0) is 28.6 Å². The molecule has 1 unspecified atom stereocenters. The van der Waals surface area contributed by atoms with Crippen molar-refractivity contribution < 1.29 is 28.6 Å². The topological polar surface area (TPSA) is 78.9 Å². The molecule has 0 aromatic rings. The Hall–Kier alpha value is -3.67. The predicted octanol–water partition coefficient (Wildman–Crippen LogP) is 23.6. The molecule has 0 aromatic heterocycles. The van der Waals surface area contributed by atoms with Crippen molar-refractivity contribution in [2.75, 3.05) is 13.2 Å². The number of allylic oxidation sites excluding steroid dienone is 16. The molecule has 0 N–H and O–H groups in total. The van der Waals surface area contributed by atoms with Crippen molar-refractivity contribution in [3.05, 3.63) is 97.2 Å². The summed E-state index contributed by atoms with van der Waals surface area (Å²) in [6, 6.07) is 0. The third-order valence-electron chi connectivity index (χ3n) is 14.8. The summed E-state index contributed by atoms with van der Waals surface area (Å²) >= 11 is 0. The second-order valence-electron chi connectivity index (χ2n) is 22.7. The van der Waals surface area contributed by atoms with Crippen molar-refractivity contribution in [3.8, 4) is 0 Å². The van der Waals surface area contributed by atoms with Gasteiger partial charge in [-0.05, 0) is 122 Å². The van der Waals surface area contributed by atoms with E-state index in [4.69, 9.17) is 14.2 Å². The van der Waals surface area contributed by atoms with E-state index < -0.39 is 6.10 Å². The summed E-state index contributed by atoms with van der Waals surface area (Å²) < 4.78 is 16.9. The van der Waals surface area contributed by atoms with Gasteiger partial charge in [0.25, 0.3) is 0 Å². The SMILES string of the molecule is CC/C=C\C/C=C\C/C=C\C/C=C\C/C=C\C/C=C\CCCCCCCCCCCCCCCCC(=O)OCC(COC(=O)CCCCCCC/C=C\CCCCCC)OC(=O)CCCCCCC/C=C\CCCCCCCCC. The average molecular weight is 1110 g/mol. The molecule has 0 heterocycles. The summed E-state index contributed by atoms with van der Waals surface area (Å²) in [5.41, 5.74) is 0. The summed E-state index contributed by atoms with van der Waals surface area (Å²) in [6.07, 6.45) is 91.4. The smallest absolute Gasteiger partial charge is 0.306 e. The van der Waals surface area contributed by atoms with Gasteiger partial charge in [0.2, 0.25) is 0 Å². The van der Waals surface area contributed by atoms with E-state index in [1.807, 2.05) is 0 Å². The number of ether oxygens (including phenoxy) is 3. The largest absolute Gasteiger partial charge is 0.462 e. The number of hydrogen-bond acceptors (Lipinski definition) is 6. The fourth-order valence-electron chi connectivity index (χ4n) is 9.67. The lowest BCUT2D eigenvalue weighted by Gasteiger charge is -2.18. The zero-order valence-corrected chi connectivity index (χ0v) is 52.8. The summed E-state index contributed by atoms with van der Waals surface area (Å²) in [4.78, 5) is 38.3. The standard InChI is InChI=1S/C74H128O6/c1-4-7-10-13-16-19-22-25-27-29-30-31-32-33-34-35-36-37-38-39-40-41-42-43-44-45-47-49-52-55-58-61-64-67-73(76)79-70-71(69-78-72(75)66-63-60-57-54-51-48-24-21-18-15-12-9-6-3)80-74(77)68-65-62-59-56-53-50-46-28-26-23-20-17-14-11-8-5-2/h7,10,16,19,21,24-25,27-28,30-31,33-34,36-37,46,71H,4-6,8-9,11-15,17-18,20,22-23,26,29,32,35,38-45,47-70H2,1-3H3/b10-7-,19-16-,24-21-,27-25-,31-30-,34-33-,37-36-,46-28-. The van der Waals surface area contributed by atoms with Crippen molar-refractivity contribution in [2.45, 2.75) is 341 Å². The van der Waals surface area contributed by atoms with E-state index in [9.17, 15) is 14.4 Å². The van der Waals surface area contributed by atoms with Gasteiger partial charge in [-0.1, -0.05) is 291 Å². The number of carbonyl (C=O) groups is 3. The van der Waals surface area contributed by atoms with E-state index in [-0.39, 0.29) is 31.1 Å². The number of hydrogen-bond donors (Lipinski definition) is 0. The molecule has 0 spiro atoms. The second kappa shape index (κ2) is 67.8. The highest BCUT2D eigenvalue weighted by Gasteiger charge is 2.19. The summed E-state index contributed by atoms with van der Waals surface area (Å²) in [7, 11) is 0. The van der Waals surface area contributed by atoms with Crippen LogP contribution in [0, 0.1) is 0 Å². The van der Waals surface area contributed by atoms with Crippen LogP contribution >= 0.6 is 0 Å². The molecular formula is C74H128O6. The minimum Gasteiger partial charge on any atom is -0.462 e. The van der Waals surface area contributed by atoms with E-state index in [0.29, 0.717) is 19.3 Å². The van der Waals surface area contributed by atoms with Gasteiger partial charge in [0.05, 0.1) is 0 Å². The van der Waals surface area contributed by atoms with Gasteiger partial charge in [0.15, 0.2) is 6.10 Å². The van der Waals surface area contributed by atoms with Crippen LogP contribution in [0.4, 0.5) is 0 Å². The average Bonchev–Trinajstić information content (AvgIpc) is 3.46. The third kappa shape index (κ3) is 65.1. The Morgan fingerprint density at radius 2 is 0.487 bits per heavy atom. The fraction of sp³-hybridized carbons (Fsp3) is 0.743. The maximum Gasteiger partial charge on any atom is 0.306 e. The van der Waals surface area contributed by atoms with Crippen LogP contribution in [0.25, 0.3) is 0 Å². The summed E-state index contributed by atoms with van der Waals surface area (Å²) in [5, 5.41) is 0. The van der Waals surface area contributed by atoms with Gasteiger partial charge in [-0.25, -0.2) is 0 Å². The Labute approximate surface area is 496 Å². The quantitative estimate of drug-likeness (QED) is 0.0261. The number of unbranched alkanes of at least 4 members (excludes halogenated alkanes) is 35. The molecule has 0 saturated carbocycles. The Balaban J connectivity index is 4.20. The normalized spacial score (nSPS) is 12.7. The Kier molecular flexibility index (Phi) is 64.7. The number of esters is 3. The Morgan fingerprint density at radius 1 is 0.263 bits per heavy atom. The highest BCUT2D eigenvalue weighted by atomic mass is 16.6. The molecule has 0 aliphatic rings. The van der Waals surface area contributed by atoms with E-state index in [1.54, 1.807) is 0 Å². The Morgan fingerprint density at radius 3 is 0.787 bits per heavy atom. The molecule has 80 heavy (non-hydrogen) atoms. The first-order chi connectivity index (χ1) is 39.5. The monoisotopic (exact) mass is 1110 g/mol. The molecule has 0 saturated heterocycles. The minimum absolute atomic E-state index is 0.0808. The second-order valence-corrected chi connectivity index (χ2v) is 22.7. The van der Waals surface area contributed by atoms with E-state index in [0.717, 1.165) is 116 Å². The molecule has 0 rings (SSSR count). The van der Waals surface area contributed by atoms with Crippen LogP contribution < -0.4 is 0 Å².